The van der Waals surface area contributed by atoms with Crippen molar-refractivity contribution in [1.82, 2.24) is 19.2 Å². The van der Waals surface area contributed by atoms with E-state index in [-0.39, 0.29) is 6.61 Å². The maximum Gasteiger partial charge on any atom is 0.138 e. The molecule has 0 unspecified atom stereocenters. The zero-order chi connectivity index (χ0) is 32.5. The van der Waals surface area contributed by atoms with E-state index < -0.39 is 5.54 Å². The summed E-state index contributed by atoms with van der Waals surface area (Å²) in [6.45, 7) is -0.0121. The quantitative estimate of drug-likeness (QED) is 0.124. The molecule has 234 valence electrons. The van der Waals surface area contributed by atoms with Gasteiger partial charge in [0.15, 0.2) is 0 Å². The van der Waals surface area contributed by atoms with Crippen molar-refractivity contribution in [2.24, 2.45) is 0 Å². The highest BCUT2D eigenvalue weighted by Crippen LogP contribution is 2.43. The van der Waals surface area contributed by atoms with E-state index in [2.05, 4.69) is 143 Å². The summed E-state index contributed by atoms with van der Waals surface area (Å²) in [5.41, 5.74) is 9.21. The van der Waals surface area contributed by atoms with Crippen molar-refractivity contribution in [3.05, 3.63) is 180 Å². The Morgan fingerprint density at radius 1 is 0.688 bits per heavy atom. The monoisotopic (exact) mass is 660 g/mol. The van der Waals surface area contributed by atoms with Gasteiger partial charge in [0.25, 0.3) is 0 Å². The lowest BCUT2D eigenvalue weighted by Gasteiger charge is -2.36. The first-order chi connectivity index (χ1) is 23.7. The molecule has 0 amide bonds. The summed E-state index contributed by atoms with van der Waals surface area (Å²) in [6.07, 6.45) is 8.43. The summed E-state index contributed by atoms with van der Waals surface area (Å²) in [6, 6.07) is 48.4. The first-order valence-corrected chi connectivity index (χ1v) is 17.8. The van der Waals surface area contributed by atoms with E-state index in [1.165, 1.54) is 9.09 Å². The summed E-state index contributed by atoms with van der Waals surface area (Å²) in [5.74, 6) is 0. The minimum atomic E-state index is -0.767. The molecule has 1 N–H and O–H groups in total. The van der Waals surface area contributed by atoms with Crippen LogP contribution in [-0.2, 0) is 12.1 Å². The number of aliphatic hydroxyl groups excluding tert-OH is 1. The average molecular weight is 661 g/mol. The van der Waals surface area contributed by atoms with E-state index in [1.807, 2.05) is 30.5 Å². The number of fused-ring (bicyclic) bond motifs is 1. The number of rotatable bonds is 9. The largest absolute Gasteiger partial charge is 0.392 e. The fourth-order valence-electron chi connectivity index (χ4n) is 6.56. The van der Waals surface area contributed by atoms with E-state index in [0.717, 1.165) is 56.0 Å². The summed E-state index contributed by atoms with van der Waals surface area (Å²) in [7, 11) is 0. The fraction of sp³-hybridized carbons (Fsp3) is 0.0732. The summed E-state index contributed by atoms with van der Waals surface area (Å²) in [5, 5.41) is 15.3. The minimum absolute atomic E-state index is 0.0121. The Hall–Kier alpha value is -5.21. The van der Waals surface area contributed by atoms with Gasteiger partial charge < -0.3 is 5.11 Å². The first kappa shape index (κ1) is 30.1. The number of thioether (sulfide) groups is 1. The van der Waals surface area contributed by atoms with Crippen LogP contribution in [0, 0.1) is 0 Å². The van der Waals surface area contributed by atoms with Crippen molar-refractivity contribution < 1.29 is 5.11 Å². The Morgan fingerprint density at radius 2 is 1.29 bits per heavy atom. The van der Waals surface area contributed by atoms with Gasteiger partial charge >= 0.3 is 0 Å². The molecule has 48 heavy (non-hydrogen) atoms. The standard InChI is InChI=1S/C41H32N4OS2/c1-47-39-24-22-37(48-39)36-25-42-38-23-21-31(26-44(36)38)35-27-45(43-40(35)30-19-17-29(28-46)18-20-30)41(32-11-5-2-6-12-32,33-13-7-3-8-14-33)34-15-9-4-10-16-34/h2-27,46H,28H2,1H3. The van der Waals surface area contributed by atoms with Gasteiger partial charge in [-0.25, -0.2) is 4.98 Å². The van der Waals surface area contributed by atoms with Crippen LogP contribution in [0.1, 0.15) is 22.3 Å². The number of benzene rings is 4. The van der Waals surface area contributed by atoms with Crippen LogP contribution in [0.5, 0.6) is 0 Å². The lowest BCUT2D eigenvalue weighted by molar-refractivity contribution is 0.282. The molecule has 0 aliphatic rings. The molecule has 0 radical (unpaired) electrons. The number of pyridine rings is 1. The zero-order valence-electron chi connectivity index (χ0n) is 26.3. The highest BCUT2D eigenvalue weighted by atomic mass is 32.2. The van der Waals surface area contributed by atoms with Gasteiger partial charge in [-0.05, 0) is 52.8 Å². The molecule has 0 aliphatic carbocycles. The van der Waals surface area contributed by atoms with Crippen molar-refractivity contribution in [2.75, 3.05) is 6.26 Å². The topological polar surface area (TPSA) is 55.3 Å². The SMILES string of the molecule is CSc1ccc(-c2cnc3ccc(-c4cn(C(c5ccccc5)(c5ccccc5)c5ccccc5)nc4-c4ccc(CO)cc4)cn23)s1. The molecule has 0 saturated heterocycles. The second-order valence-electron chi connectivity index (χ2n) is 11.6. The maximum atomic E-state index is 9.81. The van der Waals surface area contributed by atoms with Gasteiger partial charge in [-0.2, -0.15) is 5.10 Å². The Labute approximate surface area is 287 Å². The Kier molecular flexibility index (Phi) is 8.02. The molecular formula is C41H32N4OS2. The van der Waals surface area contributed by atoms with Crippen LogP contribution in [0.25, 0.3) is 38.6 Å². The molecule has 8 rings (SSSR count). The number of hydrogen-bond acceptors (Lipinski definition) is 5. The van der Waals surface area contributed by atoms with E-state index in [1.54, 1.807) is 23.1 Å². The molecule has 4 heterocycles. The molecule has 0 bridgehead atoms. The zero-order valence-corrected chi connectivity index (χ0v) is 27.9. The molecular weight excluding hydrogens is 629 g/mol. The second kappa shape index (κ2) is 12.8. The Bertz CT molecular complexity index is 2210. The van der Waals surface area contributed by atoms with Crippen molar-refractivity contribution >= 4 is 28.7 Å². The molecule has 0 fully saturated rings. The minimum Gasteiger partial charge on any atom is -0.392 e. The number of nitrogens with zero attached hydrogens (tertiary/aromatic N) is 4. The molecule has 4 aromatic heterocycles. The lowest BCUT2D eigenvalue weighted by Crippen LogP contribution is -2.38. The molecule has 8 aromatic rings. The van der Waals surface area contributed by atoms with Gasteiger partial charge in [0.05, 0.1) is 27.6 Å². The van der Waals surface area contributed by atoms with Crippen molar-refractivity contribution in [3.8, 4) is 33.0 Å². The van der Waals surface area contributed by atoms with Crippen LogP contribution in [0.15, 0.2) is 162 Å². The molecule has 0 aliphatic heterocycles. The highest BCUT2D eigenvalue weighted by molar-refractivity contribution is 8.00. The average Bonchev–Trinajstić information content (AvgIpc) is 3.92. The van der Waals surface area contributed by atoms with Gasteiger partial charge in [-0.1, -0.05) is 115 Å². The number of thiophene rings is 1. The van der Waals surface area contributed by atoms with Crippen LogP contribution in [0.3, 0.4) is 0 Å². The van der Waals surface area contributed by atoms with Gasteiger partial charge in [0.2, 0.25) is 0 Å². The summed E-state index contributed by atoms with van der Waals surface area (Å²) < 4.78 is 5.59. The predicted molar refractivity (Wildman–Crippen MR) is 197 cm³/mol. The van der Waals surface area contributed by atoms with Gasteiger partial charge in [-0.3, -0.25) is 9.08 Å². The first-order valence-electron chi connectivity index (χ1n) is 15.8. The van der Waals surface area contributed by atoms with Gasteiger partial charge in [0, 0.05) is 29.1 Å². The van der Waals surface area contributed by atoms with Crippen molar-refractivity contribution in [2.45, 2.75) is 16.4 Å². The third-order valence-corrected chi connectivity index (χ3v) is 11.1. The fourth-order valence-corrected chi connectivity index (χ4v) is 8.11. The molecule has 0 spiro atoms. The van der Waals surface area contributed by atoms with Crippen molar-refractivity contribution in [1.29, 1.82) is 0 Å². The normalized spacial score (nSPS) is 11.7. The molecule has 7 heteroatoms. The van der Waals surface area contributed by atoms with Crippen molar-refractivity contribution in [3.63, 3.8) is 0 Å². The van der Waals surface area contributed by atoms with Crippen LogP contribution in [-0.4, -0.2) is 30.5 Å². The number of aromatic nitrogens is 4. The van der Waals surface area contributed by atoms with E-state index in [0.29, 0.717) is 0 Å². The molecule has 4 aromatic carbocycles. The molecule has 0 atom stereocenters. The number of imidazole rings is 1. The third kappa shape index (κ3) is 5.17. The lowest BCUT2D eigenvalue weighted by atomic mass is 9.77. The van der Waals surface area contributed by atoms with Gasteiger partial charge in [0.1, 0.15) is 16.9 Å². The number of aliphatic hydroxyl groups is 1. The third-order valence-electron chi connectivity index (χ3n) is 8.89. The smallest absolute Gasteiger partial charge is 0.138 e. The summed E-state index contributed by atoms with van der Waals surface area (Å²) >= 11 is 3.53. The second-order valence-corrected chi connectivity index (χ2v) is 13.8. The summed E-state index contributed by atoms with van der Waals surface area (Å²) in [4.78, 5) is 5.92. The maximum absolute atomic E-state index is 9.81. The predicted octanol–water partition coefficient (Wildman–Crippen LogP) is 9.65. The Balaban J connectivity index is 1.41. The van der Waals surface area contributed by atoms with E-state index in [4.69, 9.17) is 10.1 Å². The van der Waals surface area contributed by atoms with Crippen LogP contribution >= 0.6 is 23.1 Å². The van der Waals surface area contributed by atoms with Crippen LogP contribution in [0.2, 0.25) is 0 Å². The van der Waals surface area contributed by atoms with E-state index in [9.17, 15) is 5.11 Å². The highest BCUT2D eigenvalue weighted by Gasteiger charge is 2.40. The molecule has 0 saturated carbocycles. The van der Waals surface area contributed by atoms with E-state index >= 15 is 0 Å². The van der Waals surface area contributed by atoms with Crippen LogP contribution in [0.4, 0.5) is 0 Å². The van der Waals surface area contributed by atoms with Crippen LogP contribution < -0.4 is 0 Å². The van der Waals surface area contributed by atoms with Gasteiger partial charge in [-0.15, -0.1) is 23.1 Å². The Morgan fingerprint density at radius 3 is 1.85 bits per heavy atom. The molecule has 5 nitrogen and oxygen atoms in total. The number of hydrogen-bond donors (Lipinski definition) is 1.